The lowest BCUT2D eigenvalue weighted by molar-refractivity contribution is -0.137. The number of fused-ring (bicyclic) bond motifs is 1. The summed E-state index contributed by atoms with van der Waals surface area (Å²) >= 11 is 0. The molecule has 32 heavy (non-hydrogen) atoms. The molecule has 1 saturated heterocycles. The third-order valence-corrected chi connectivity index (χ3v) is 6.09. The molecule has 1 atom stereocenters. The smallest absolute Gasteiger partial charge is 0.260 e. The van der Waals surface area contributed by atoms with E-state index < -0.39 is 0 Å². The first kappa shape index (κ1) is 22.3. The van der Waals surface area contributed by atoms with Crippen LogP contribution in [0.4, 0.5) is 0 Å². The van der Waals surface area contributed by atoms with Crippen LogP contribution in [0.1, 0.15) is 43.0 Å². The minimum atomic E-state index is -0.148. The zero-order valence-electron chi connectivity index (χ0n) is 19.0. The molecule has 4 rings (SSSR count). The predicted octanol–water partition coefficient (Wildman–Crippen LogP) is 3.44. The van der Waals surface area contributed by atoms with Crippen molar-refractivity contribution in [2.45, 2.75) is 32.7 Å². The first-order valence-electron chi connectivity index (χ1n) is 11.5. The van der Waals surface area contributed by atoms with Crippen molar-refractivity contribution in [3.8, 4) is 5.75 Å². The third-order valence-electron chi connectivity index (χ3n) is 6.09. The van der Waals surface area contributed by atoms with Crippen LogP contribution in [0.25, 0.3) is 0 Å². The van der Waals surface area contributed by atoms with Crippen molar-refractivity contribution in [1.29, 1.82) is 0 Å². The number of rotatable bonds is 6. The van der Waals surface area contributed by atoms with Crippen molar-refractivity contribution in [2.24, 2.45) is 5.92 Å². The van der Waals surface area contributed by atoms with E-state index in [0.29, 0.717) is 50.9 Å². The zero-order chi connectivity index (χ0) is 22.5. The van der Waals surface area contributed by atoms with Crippen molar-refractivity contribution >= 4 is 11.8 Å². The van der Waals surface area contributed by atoms with Gasteiger partial charge >= 0.3 is 0 Å². The lowest BCUT2D eigenvalue weighted by Crippen LogP contribution is -2.43. The van der Waals surface area contributed by atoms with Gasteiger partial charge in [-0.1, -0.05) is 50.2 Å². The lowest BCUT2D eigenvalue weighted by Gasteiger charge is -2.38. The van der Waals surface area contributed by atoms with E-state index in [1.54, 1.807) is 4.90 Å². The van der Waals surface area contributed by atoms with Gasteiger partial charge in [0.15, 0.2) is 6.61 Å². The lowest BCUT2D eigenvalue weighted by atomic mass is 9.87. The molecule has 0 saturated carbocycles. The summed E-state index contributed by atoms with van der Waals surface area (Å²) in [5, 5.41) is 0. The quantitative estimate of drug-likeness (QED) is 0.696. The number of hydrogen-bond acceptors (Lipinski definition) is 4. The Balaban J connectivity index is 1.57. The molecule has 2 aliphatic rings. The Morgan fingerprint density at radius 3 is 2.50 bits per heavy atom. The number of benzene rings is 2. The van der Waals surface area contributed by atoms with Crippen LogP contribution in [0.2, 0.25) is 0 Å². The largest absolute Gasteiger partial charge is 0.484 e. The van der Waals surface area contributed by atoms with E-state index in [-0.39, 0.29) is 24.5 Å². The average molecular weight is 437 g/mol. The topological polar surface area (TPSA) is 59.1 Å². The van der Waals surface area contributed by atoms with Crippen molar-refractivity contribution < 1.29 is 19.1 Å². The number of morpholine rings is 1. The highest BCUT2D eigenvalue weighted by atomic mass is 16.5. The molecular formula is C26H32N2O4. The van der Waals surface area contributed by atoms with E-state index >= 15 is 0 Å². The molecule has 2 heterocycles. The van der Waals surface area contributed by atoms with Gasteiger partial charge in [-0.2, -0.15) is 0 Å². The van der Waals surface area contributed by atoms with Gasteiger partial charge in [0.25, 0.3) is 5.91 Å². The molecule has 0 spiro atoms. The number of amides is 2. The van der Waals surface area contributed by atoms with E-state index in [2.05, 4.69) is 32.0 Å². The fraction of sp³-hybridized carbons (Fsp3) is 0.462. The highest BCUT2D eigenvalue weighted by Crippen LogP contribution is 2.37. The molecule has 0 aliphatic carbocycles. The second-order valence-electron chi connectivity index (χ2n) is 8.89. The van der Waals surface area contributed by atoms with E-state index in [1.165, 1.54) is 5.56 Å². The van der Waals surface area contributed by atoms with Gasteiger partial charge in [0.2, 0.25) is 5.91 Å². The summed E-state index contributed by atoms with van der Waals surface area (Å²) < 4.78 is 11.2. The van der Waals surface area contributed by atoms with E-state index in [4.69, 9.17) is 9.47 Å². The maximum atomic E-state index is 13.1. The van der Waals surface area contributed by atoms with Crippen LogP contribution < -0.4 is 4.74 Å². The Bertz CT molecular complexity index is 938. The minimum Gasteiger partial charge on any atom is -0.484 e. The fourth-order valence-corrected chi connectivity index (χ4v) is 4.46. The summed E-state index contributed by atoms with van der Waals surface area (Å²) in [6.45, 7) is 7.21. The first-order chi connectivity index (χ1) is 15.5. The molecule has 0 radical (unpaired) electrons. The van der Waals surface area contributed by atoms with Crippen molar-refractivity contribution in [3.63, 3.8) is 0 Å². The van der Waals surface area contributed by atoms with Crippen molar-refractivity contribution in [3.05, 3.63) is 65.2 Å². The molecule has 170 valence electrons. The second kappa shape index (κ2) is 10.2. The Labute approximate surface area is 190 Å². The van der Waals surface area contributed by atoms with Gasteiger partial charge in [-0.25, -0.2) is 0 Å². The number of hydrogen-bond donors (Lipinski definition) is 0. The average Bonchev–Trinajstić information content (AvgIpc) is 2.82. The molecular weight excluding hydrogens is 404 g/mol. The molecule has 0 N–H and O–H groups in total. The normalized spacial score (nSPS) is 18.4. The summed E-state index contributed by atoms with van der Waals surface area (Å²) in [5.41, 5.74) is 3.39. The second-order valence-corrected chi connectivity index (χ2v) is 8.89. The zero-order valence-corrected chi connectivity index (χ0v) is 19.0. The van der Waals surface area contributed by atoms with Crippen molar-refractivity contribution in [2.75, 3.05) is 39.5 Å². The Hall–Kier alpha value is -2.86. The van der Waals surface area contributed by atoms with Crippen LogP contribution in [-0.2, 0) is 20.7 Å². The number of carbonyl (C=O) groups excluding carboxylic acids is 2. The number of nitrogens with zero attached hydrogens (tertiary/aromatic N) is 2. The van der Waals surface area contributed by atoms with Gasteiger partial charge in [-0.05, 0) is 41.2 Å². The SMILES string of the molecule is CC(C)CC(=O)N1CCc2ccc(OCC(=O)N3CCOCC3)cc2C1c1ccccc1. The van der Waals surface area contributed by atoms with Gasteiger partial charge in [0, 0.05) is 26.1 Å². The molecule has 2 aliphatic heterocycles. The Morgan fingerprint density at radius 1 is 1.03 bits per heavy atom. The molecule has 1 unspecified atom stereocenters. The van der Waals surface area contributed by atoms with E-state index in [9.17, 15) is 9.59 Å². The monoisotopic (exact) mass is 436 g/mol. The van der Waals surface area contributed by atoms with Gasteiger partial charge in [0.1, 0.15) is 5.75 Å². The van der Waals surface area contributed by atoms with E-state index in [0.717, 1.165) is 17.5 Å². The summed E-state index contributed by atoms with van der Waals surface area (Å²) in [6, 6.07) is 16.0. The van der Waals surface area contributed by atoms with Crippen LogP contribution in [0.5, 0.6) is 5.75 Å². The summed E-state index contributed by atoms with van der Waals surface area (Å²) in [6.07, 6.45) is 1.35. The van der Waals surface area contributed by atoms with Crippen LogP contribution in [0, 0.1) is 5.92 Å². The van der Waals surface area contributed by atoms with Crippen LogP contribution in [0.15, 0.2) is 48.5 Å². The predicted molar refractivity (Wildman–Crippen MR) is 122 cm³/mol. The summed E-state index contributed by atoms with van der Waals surface area (Å²) in [5.74, 6) is 1.11. The summed E-state index contributed by atoms with van der Waals surface area (Å²) in [7, 11) is 0. The van der Waals surface area contributed by atoms with Gasteiger partial charge in [0.05, 0.1) is 19.3 Å². The van der Waals surface area contributed by atoms with Crippen LogP contribution >= 0.6 is 0 Å². The molecule has 2 amide bonds. The van der Waals surface area contributed by atoms with Crippen LogP contribution in [-0.4, -0.2) is 61.1 Å². The molecule has 0 bridgehead atoms. The van der Waals surface area contributed by atoms with Crippen LogP contribution in [0.3, 0.4) is 0 Å². The minimum absolute atomic E-state index is 0.00475. The molecule has 6 heteroatoms. The third kappa shape index (κ3) is 5.13. The molecule has 2 aromatic rings. The molecule has 2 aromatic carbocycles. The standard InChI is InChI=1S/C26H32N2O4/c1-19(2)16-24(29)28-11-10-20-8-9-22(32-18-25(30)27-12-14-31-15-13-27)17-23(20)26(28)21-6-4-3-5-7-21/h3-9,17,19,26H,10-16,18H2,1-2H3. The number of carbonyl (C=O) groups is 2. The Kier molecular flexibility index (Phi) is 7.10. The molecule has 6 nitrogen and oxygen atoms in total. The molecule has 1 fully saturated rings. The highest BCUT2D eigenvalue weighted by Gasteiger charge is 2.32. The maximum absolute atomic E-state index is 13.1. The highest BCUT2D eigenvalue weighted by molar-refractivity contribution is 5.78. The first-order valence-corrected chi connectivity index (χ1v) is 11.5. The van der Waals surface area contributed by atoms with Crippen molar-refractivity contribution in [1.82, 2.24) is 9.80 Å². The molecule has 0 aromatic heterocycles. The van der Waals surface area contributed by atoms with Gasteiger partial charge < -0.3 is 19.3 Å². The van der Waals surface area contributed by atoms with Gasteiger partial charge in [-0.3, -0.25) is 9.59 Å². The number of ether oxygens (including phenoxy) is 2. The Morgan fingerprint density at radius 2 is 1.78 bits per heavy atom. The van der Waals surface area contributed by atoms with E-state index in [1.807, 2.05) is 35.2 Å². The summed E-state index contributed by atoms with van der Waals surface area (Å²) in [4.78, 5) is 29.4. The van der Waals surface area contributed by atoms with Gasteiger partial charge in [-0.15, -0.1) is 0 Å². The maximum Gasteiger partial charge on any atom is 0.260 e. The fourth-order valence-electron chi connectivity index (χ4n) is 4.46.